The number of rotatable bonds is 5. The molecular formula is C9H20O3. The molecule has 0 aromatic heterocycles. The van der Waals surface area contributed by atoms with E-state index in [4.69, 9.17) is 0 Å². The smallest absolute Gasteiger partial charge is 0.108 e. The summed E-state index contributed by atoms with van der Waals surface area (Å²) in [6.07, 6.45) is 0.528. The molecule has 0 radical (unpaired) electrons. The van der Waals surface area contributed by atoms with Crippen LogP contribution in [0.5, 0.6) is 0 Å². The second kappa shape index (κ2) is 4.80. The van der Waals surface area contributed by atoms with Crippen LogP contribution in [0.1, 0.15) is 40.0 Å². The number of unbranched alkanes of at least 4 members (excludes halogenated alkanes) is 1. The Balaban J connectivity index is 3.84. The standard InChI is InChI=1S/C9H20O3/c1-4-5-6-7(10)8(11)9(2,3)12/h7-8,10-12H,4-6H2,1-3H3/t7-,8+/m1/s1. The molecule has 12 heavy (non-hydrogen) atoms. The predicted molar refractivity (Wildman–Crippen MR) is 47.8 cm³/mol. The van der Waals surface area contributed by atoms with Crippen LogP contribution in [-0.2, 0) is 0 Å². The molecule has 0 aromatic rings. The Hall–Kier alpha value is -0.120. The topological polar surface area (TPSA) is 60.7 Å². The van der Waals surface area contributed by atoms with Gasteiger partial charge in [-0.05, 0) is 20.3 Å². The van der Waals surface area contributed by atoms with E-state index in [9.17, 15) is 15.3 Å². The number of hydrogen-bond acceptors (Lipinski definition) is 3. The van der Waals surface area contributed by atoms with Crippen molar-refractivity contribution in [2.45, 2.75) is 57.8 Å². The lowest BCUT2D eigenvalue weighted by Crippen LogP contribution is -2.44. The van der Waals surface area contributed by atoms with Gasteiger partial charge in [-0.25, -0.2) is 0 Å². The fourth-order valence-corrected chi connectivity index (χ4v) is 1.04. The van der Waals surface area contributed by atoms with Gasteiger partial charge in [0.2, 0.25) is 0 Å². The van der Waals surface area contributed by atoms with E-state index >= 15 is 0 Å². The zero-order valence-electron chi connectivity index (χ0n) is 8.12. The van der Waals surface area contributed by atoms with Crippen molar-refractivity contribution in [2.75, 3.05) is 0 Å². The van der Waals surface area contributed by atoms with Crippen molar-refractivity contribution in [1.29, 1.82) is 0 Å². The van der Waals surface area contributed by atoms with Crippen molar-refractivity contribution in [3.05, 3.63) is 0 Å². The highest BCUT2D eigenvalue weighted by Gasteiger charge is 2.30. The molecule has 0 saturated heterocycles. The normalized spacial score (nSPS) is 17.5. The molecule has 0 spiro atoms. The van der Waals surface area contributed by atoms with Gasteiger partial charge < -0.3 is 15.3 Å². The van der Waals surface area contributed by atoms with E-state index < -0.39 is 17.8 Å². The molecule has 0 unspecified atom stereocenters. The van der Waals surface area contributed by atoms with Gasteiger partial charge in [-0.3, -0.25) is 0 Å². The highest BCUT2D eigenvalue weighted by molar-refractivity contribution is 4.82. The van der Waals surface area contributed by atoms with E-state index in [1.54, 1.807) is 0 Å². The maximum atomic E-state index is 9.38. The van der Waals surface area contributed by atoms with Gasteiger partial charge in [0.05, 0.1) is 11.7 Å². The summed E-state index contributed by atoms with van der Waals surface area (Å²) in [5, 5.41) is 28.1. The molecule has 74 valence electrons. The molecule has 2 atom stereocenters. The van der Waals surface area contributed by atoms with Crippen molar-refractivity contribution in [3.63, 3.8) is 0 Å². The first-order valence-corrected chi connectivity index (χ1v) is 4.48. The van der Waals surface area contributed by atoms with Crippen LogP contribution in [-0.4, -0.2) is 33.1 Å². The molecule has 0 fully saturated rings. The molecule has 0 bridgehead atoms. The van der Waals surface area contributed by atoms with Crippen LogP contribution in [0.15, 0.2) is 0 Å². The molecule has 0 aliphatic carbocycles. The summed E-state index contributed by atoms with van der Waals surface area (Å²) >= 11 is 0. The van der Waals surface area contributed by atoms with Gasteiger partial charge in [0.15, 0.2) is 0 Å². The van der Waals surface area contributed by atoms with Gasteiger partial charge in [0.25, 0.3) is 0 Å². The average Bonchev–Trinajstić information content (AvgIpc) is 1.97. The van der Waals surface area contributed by atoms with Crippen molar-refractivity contribution < 1.29 is 15.3 Å². The third-order valence-corrected chi connectivity index (χ3v) is 1.94. The van der Waals surface area contributed by atoms with Gasteiger partial charge >= 0.3 is 0 Å². The Labute approximate surface area is 74.0 Å². The molecule has 0 aromatic carbocycles. The van der Waals surface area contributed by atoms with Gasteiger partial charge in [-0.1, -0.05) is 19.8 Å². The van der Waals surface area contributed by atoms with Crippen molar-refractivity contribution in [1.82, 2.24) is 0 Å². The predicted octanol–water partition coefficient (Wildman–Crippen LogP) is 0.669. The molecular weight excluding hydrogens is 156 g/mol. The number of hydrogen-bond donors (Lipinski definition) is 3. The monoisotopic (exact) mass is 176 g/mol. The second-order valence-corrected chi connectivity index (χ2v) is 3.81. The molecule has 0 amide bonds. The molecule has 0 rings (SSSR count). The van der Waals surface area contributed by atoms with E-state index in [1.807, 2.05) is 6.92 Å². The van der Waals surface area contributed by atoms with E-state index in [1.165, 1.54) is 13.8 Å². The molecule has 0 saturated carbocycles. The molecule has 0 aliphatic rings. The van der Waals surface area contributed by atoms with Crippen molar-refractivity contribution in [2.24, 2.45) is 0 Å². The van der Waals surface area contributed by atoms with Crippen LogP contribution in [0.2, 0.25) is 0 Å². The average molecular weight is 176 g/mol. The lowest BCUT2D eigenvalue weighted by atomic mass is 9.94. The van der Waals surface area contributed by atoms with E-state index in [-0.39, 0.29) is 0 Å². The first kappa shape index (κ1) is 11.9. The van der Waals surface area contributed by atoms with Gasteiger partial charge in [0, 0.05) is 0 Å². The largest absolute Gasteiger partial charge is 0.390 e. The molecule has 3 heteroatoms. The minimum Gasteiger partial charge on any atom is -0.390 e. The first-order chi connectivity index (χ1) is 5.39. The molecule has 0 heterocycles. The Kier molecular flexibility index (Phi) is 4.75. The summed E-state index contributed by atoms with van der Waals surface area (Å²) in [6, 6.07) is 0. The Morgan fingerprint density at radius 3 is 2.08 bits per heavy atom. The summed E-state index contributed by atoms with van der Waals surface area (Å²) in [5.74, 6) is 0. The van der Waals surface area contributed by atoms with E-state index in [0.717, 1.165) is 12.8 Å². The number of aliphatic hydroxyl groups is 3. The lowest BCUT2D eigenvalue weighted by molar-refractivity contribution is -0.107. The lowest BCUT2D eigenvalue weighted by Gasteiger charge is -2.28. The summed E-state index contributed by atoms with van der Waals surface area (Å²) < 4.78 is 0. The summed E-state index contributed by atoms with van der Waals surface area (Å²) in [7, 11) is 0. The van der Waals surface area contributed by atoms with Crippen LogP contribution in [0.25, 0.3) is 0 Å². The van der Waals surface area contributed by atoms with E-state index in [2.05, 4.69) is 0 Å². The summed E-state index contributed by atoms with van der Waals surface area (Å²) in [5.41, 5.74) is -1.22. The Morgan fingerprint density at radius 2 is 1.75 bits per heavy atom. The Bertz CT molecular complexity index is 117. The summed E-state index contributed by atoms with van der Waals surface area (Å²) in [6.45, 7) is 5.00. The summed E-state index contributed by atoms with van der Waals surface area (Å²) in [4.78, 5) is 0. The second-order valence-electron chi connectivity index (χ2n) is 3.81. The van der Waals surface area contributed by atoms with Gasteiger partial charge in [0.1, 0.15) is 6.10 Å². The van der Waals surface area contributed by atoms with Gasteiger partial charge in [-0.2, -0.15) is 0 Å². The molecule has 3 N–H and O–H groups in total. The SMILES string of the molecule is CCCC[C@@H](O)[C@H](O)C(C)(C)O. The van der Waals surface area contributed by atoms with Crippen LogP contribution < -0.4 is 0 Å². The zero-order chi connectivity index (χ0) is 9.78. The maximum Gasteiger partial charge on any atom is 0.108 e. The zero-order valence-corrected chi connectivity index (χ0v) is 8.12. The Morgan fingerprint density at radius 1 is 1.25 bits per heavy atom. The highest BCUT2D eigenvalue weighted by atomic mass is 16.4. The minimum atomic E-state index is -1.22. The molecule has 3 nitrogen and oxygen atoms in total. The van der Waals surface area contributed by atoms with Crippen molar-refractivity contribution in [3.8, 4) is 0 Å². The molecule has 0 aliphatic heterocycles. The maximum absolute atomic E-state index is 9.38. The first-order valence-electron chi connectivity index (χ1n) is 4.48. The van der Waals surface area contributed by atoms with Crippen LogP contribution in [0, 0.1) is 0 Å². The third kappa shape index (κ3) is 4.04. The fraction of sp³-hybridized carbons (Fsp3) is 1.00. The fourth-order valence-electron chi connectivity index (χ4n) is 1.04. The minimum absolute atomic E-state index is 0.543. The van der Waals surface area contributed by atoms with Crippen LogP contribution in [0.3, 0.4) is 0 Å². The van der Waals surface area contributed by atoms with Crippen molar-refractivity contribution >= 4 is 0 Å². The quantitative estimate of drug-likeness (QED) is 0.577. The highest BCUT2D eigenvalue weighted by Crippen LogP contribution is 2.15. The van der Waals surface area contributed by atoms with Gasteiger partial charge in [-0.15, -0.1) is 0 Å². The third-order valence-electron chi connectivity index (χ3n) is 1.94. The van der Waals surface area contributed by atoms with E-state index in [0.29, 0.717) is 6.42 Å². The van der Waals surface area contributed by atoms with Crippen LogP contribution in [0.4, 0.5) is 0 Å². The number of aliphatic hydroxyl groups excluding tert-OH is 2. The van der Waals surface area contributed by atoms with Crippen LogP contribution >= 0.6 is 0 Å².